The molecule has 2 nitrogen and oxygen atoms in total. The molecule has 90 valence electrons. The van der Waals surface area contributed by atoms with E-state index in [0.717, 1.165) is 24.0 Å². The summed E-state index contributed by atoms with van der Waals surface area (Å²) in [6.07, 6.45) is 3.30. The highest BCUT2D eigenvalue weighted by Crippen LogP contribution is 2.17. The van der Waals surface area contributed by atoms with Gasteiger partial charge in [0, 0.05) is 5.57 Å². The van der Waals surface area contributed by atoms with Crippen LogP contribution in [0.4, 0.5) is 0 Å². The zero-order chi connectivity index (χ0) is 12.5. The molecule has 0 heterocycles. The molecule has 1 aromatic rings. The van der Waals surface area contributed by atoms with Crippen molar-refractivity contribution in [1.82, 2.24) is 0 Å². The first-order valence-corrected chi connectivity index (χ1v) is 5.95. The molecule has 0 N–H and O–H groups in total. The second kappa shape index (κ2) is 7.48. The zero-order valence-corrected chi connectivity index (χ0v) is 10.4. The van der Waals surface area contributed by atoms with E-state index in [9.17, 15) is 4.79 Å². The molecular weight excluding hydrogens is 212 g/mol. The van der Waals surface area contributed by atoms with Gasteiger partial charge in [-0.1, -0.05) is 43.7 Å². The lowest BCUT2D eigenvalue weighted by molar-refractivity contribution is -0.137. The molecule has 0 spiro atoms. The van der Waals surface area contributed by atoms with Crippen molar-refractivity contribution in [3.05, 3.63) is 47.7 Å². The highest BCUT2D eigenvalue weighted by atomic mass is 16.5. The van der Waals surface area contributed by atoms with Crippen LogP contribution in [0, 0.1) is 0 Å². The lowest BCUT2D eigenvalue weighted by Gasteiger charge is -2.02. The number of carbonyl (C=O) groups excluding carboxylic acids is 1. The number of rotatable bonds is 5. The van der Waals surface area contributed by atoms with E-state index >= 15 is 0 Å². The van der Waals surface area contributed by atoms with Crippen LogP contribution in [0.1, 0.15) is 32.3 Å². The lowest BCUT2D eigenvalue weighted by Crippen LogP contribution is -1.98. The fraction of sp³-hybridized carbons (Fsp3) is 0.333. The summed E-state index contributed by atoms with van der Waals surface area (Å²) in [6, 6.07) is 9.99. The van der Waals surface area contributed by atoms with Gasteiger partial charge in [-0.25, -0.2) is 4.79 Å². The molecule has 0 bridgehead atoms. The Bertz CT molecular complexity index is 412. The van der Waals surface area contributed by atoms with Crippen molar-refractivity contribution >= 4 is 11.5 Å². The van der Waals surface area contributed by atoms with Gasteiger partial charge in [0.2, 0.25) is 0 Å². The van der Waals surface area contributed by atoms with E-state index in [2.05, 4.69) is 12.7 Å². The Balaban J connectivity index is 2.93. The van der Waals surface area contributed by atoms with Crippen LogP contribution in [-0.4, -0.2) is 12.6 Å². The standard InChI is InChI=1S/C15H18O2/c1-3-8-13(11-12-15(16)17-4-2)14-9-6-5-7-10-14/h5-7,9-10,12H,3-4,8H2,1-2H3. The van der Waals surface area contributed by atoms with Gasteiger partial charge in [-0.3, -0.25) is 0 Å². The molecule has 0 unspecified atom stereocenters. The SMILES string of the molecule is CCCC(=C=CC(=O)OCC)c1ccccc1. The molecule has 0 aromatic heterocycles. The molecule has 0 atom stereocenters. The molecule has 1 rings (SSSR count). The summed E-state index contributed by atoms with van der Waals surface area (Å²) in [5.74, 6) is -0.336. The molecule has 0 aliphatic rings. The zero-order valence-electron chi connectivity index (χ0n) is 10.4. The van der Waals surface area contributed by atoms with Gasteiger partial charge < -0.3 is 4.74 Å². The van der Waals surface area contributed by atoms with Gasteiger partial charge in [-0.2, -0.15) is 0 Å². The highest BCUT2D eigenvalue weighted by molar-refractivity contribution is 5.83. The Morgan fingerprint density at radius 3 is 2.59 bits per heavy atom. The lowest BCUT2D eigenvalue weighted by atomic mass is 10.0. The monoisotopic (exact) mass is 230 g/mol. The van der Waals surface area contributed by atoms with E-state index in [1.54, 1.807) is 6.92 Å². The van der Waals surface area contributed by atoms with Crippen LogP contribution in [0.3, 0.4) is 0 Å². The van der Waals surface area contributed by atoms with Crippen molar-refractivity contribution in [2.75, 3.05) is 6.61 Å². The second-order valence-electron chi connectivity index (χ2n) is 3.64. The first-order valence-electron chi connectivity index (χ1n) is 5.95. The van der Waals surface area contributed by atoms with Gasteiger partial charge in [-0.15, -0.1) is 5.73 Å². The minimum absolute atomic E-state index is 0.336. The van der Waals surface area contributed by atoms with E-state index in [1.165, 1.54) is 6.08 Å². The van der Waals surface area contributed by atoms with Crippen molar-refractivity contribution < 1.29 is 9.53 Å². The average Bonchev–Trinajstić information content (AvgIpc) is 2.36. The number of hydrogen-bond donors (Lipinski definition) is 0. The minimum Gasteiger partial charge on any atom is -0.462 e. The number of esters is 1. The van der Waals surface area contributed by atoms with Crippen LogP contribution < -0.4 is 0 Å². The number of carbonyl (C=O) groups is 1. The fourth-order valence-corrected chi connectivity index (χ4v) is 1.52. The van der Waals surface area contributed by atoms with Crippen LogP contribution in [0.2, 0.25) is 0 Å². The molecule has 0 radical (unpaired) electrons. The fourth-order valence-electron chi connectivity index (χ4n) is 1.52. The predicted octanol–water partition coefficient (Wildman–Crippen LogP) is 3.59. The normalized spacial score (nSPS) is 9.29. The van der Waals surface area contributed by atoms with Crippen molar-refractivity contribution in [1.29, 1.82) is 0 Å². The summed E-state index contributed by atoms with van der Waals surface area (Å²) >= 11 is 0. The predicted molar refractivity (Wildman–Crippen MR) is 69.5 cm³/mol. The topological polar surface area (TPSA) is 26.3 Å². The van der Waals surface area contributed by atoms with Gasteiger partial charge in [0.15, 0.2) is 0 Å². The molecule has 0 saturated carbocycles. The Morgan fingerprint density at radius 1 is 1.29 bits per heavy atom. The average molecular weight is 230 g/mol. The van der Waals surface area contributed by atoms with E-state index in [0.29, 0.717) is 6.61 Å². The summed E-state index contributed by atoms with van der Waals surface area (Å²) < 4.78 is 4.84. The van der Waals surface area contributed by atoms with Crippen molar-refractivity contribution in [3.63, 3.8) is 0 Å². The smallest absolute Gasteiger partial charge is 0.338 e. The minimum atomic E-state index is -0.336. The molecule has 0 aliphatic carbocycles. The van der Waals surface area contributed by atoms with Gasteiger partial charge >= 0.3 is 5.97 Å². The van der Waals surface area contributed by atoms with Crippen molar-refractivity contribution in [2.45, 2.75) is 26.7 Å². The third kappa shape index (κ3) is 4.71. The van der Waals surface area contributed by atoms with Gasteiger partial charge in [0.05, 0.1) is 12.7 Å². The van der Waals surface area contributed by atoms with E-state index in [1.807, 2.05) is 30.3 Å². The summed E-state index contributed by atoms with van der Waals surface area (Å²) in [5.41, 5.74) is 5.19. The summed E-state index contributed by atoms with van der Waals surface area (Å²) in [6.45, 7) is 4.29. The van der Waals surface area contributed by atoms with Crippen molar-refractivity contribution in [3.8, 4) is 0 Å². The molecule has 0 aliphatic heterocycles. The van der Waals surface area contributed by atoms with E-state index in [4.69, 9.17) is 4.74 Å². The number of hydrogen-bond acceptors (Lipinski definition) is 2. The largest absolute Gasteiger partial charge is 0.462 e. The molecule has 17 heavy (non-hydrogen) atoms. The van der Waals surface area contributed by atoms with E-state index < -0.39 is 0 Å². The Hall–Kier alpha value is -1.79. The molecule has 0 fully saturated rings. The summed E-state index contributed by atoms with van der Waals surface area (Å²) in [7, 11) is 0. The third-order valence-electron chi connectivity index (χ3n) is 2.27. The van der Waals surface area contributed by atoms with Gasteiger partial charge in [0.25, 0.3) is 0 Å². The summed E-state index contributed by atoms with van der Waals surface area (Å²) in [4.78, 5) is 11.2. The first-order chi connectivity index (χ1) is 8.27. The summed E-state index contributed by atoms with van der Waals surface area (Å²) in [5, 5.41) is 0. The van der Waals surface area contributed by atoms with E-state index in [-0.39, 0.29) is 5.97 Å². The molecule has 0 amide bonds. The maximum atomic E-state index is 11.2. The quantitative estimate of drug-likeness (QED) is 0.439. The molecular formula is C15H18O2. The van der Waals surface area contributed by atoms with Gasteiger partial charge in [-0.05, 0) is 18.9 Å². The molecule has 2 heteroatoms. The Morgan fingerprint density at radius 2 is 2.00 bits per heavy atom. The maximum absolute atomic E-state index is 11.2. The van der Waals surface area contributed by atoms with Crippen LogP contribution in [0.15, 0.2) is 42.1 Å². The van der Waals surface area contributed by atoms with Gasteiger partial charge in [0.1, 0.15) is 0 Å². The maximum Gasteiger partial charge on any atom is 0.338 e. The Kier molecular flexibility index (Phi) is 5.84. The van der Waals surface area contributed by atoms with Crippen molar-refractivity contribution in [2.24, 2.45) is 0 Å². The number of benzene rings is 1. The first kappa shape index (κ1) is 13.3. The third-order valence-corrected chi connectivity index (χ3v) is 2.27. The molecule has 0 saturated heterocycles. The second-order valence-corrected chi connectivity index (χ2v) is 3.64. The highest BCUT2D eigenvalue weighted by Gasteiger charge is 1.99. The van der Waals surface area contributed by atoms with Crippen LogP contribution in [0.25, 0.3) is 5.57 Å². The van der Waals surface area contributed by atoms with Crippen LogP contribution in [0.5, 0.6) is 0 Å². The Labute approximate surface area is 103 Å². The molecule has 1 aromatic carbocycles. The van der Waals surface area contributed by atoms with Crippen LogP contribution >= 0.6 is 0 Å². The van der Waals surface area contributed by atoms with Crippen LogP contribution in [-0.2, 0) is 9.53 Å². The number of ether oxygens (including phenoxy) is 1.